The largest absolute Gasteiger partial charge is 0.454 e. The molecule has 0 aliphatic carbocycles. The van der Waals surface area contributed by atoms with Crippen molar-refractivity contribution in [3.63, 3.8) is 0 Å². The number of para-hydroxylation sites is 1. The van der Waals surface area contributed by atoms with Crippen LogP contribution in [0, 0.1) is 6.92 Å². The molecule has 3 aromatic rings. The monoisotopic (exact) mass is 486 g/mol. The van der Waals surface area contributed by atoms with E-state index in [0.29, 0.717) is 23.7 Å². The third kappa shape index (κ3) is 5.44. The molecular formula is C28H30N4O4. The predicted octanol–water partition coefficient (Wildman–Crippen LogP) is 3.34. The quantitative estimate of drug-likeness (QED) is 0.520. The summed E-state index contributed by atoms with van der Waals surface area (Å²) in [5.41, 5.74) is 3.81. The first-order valence-electron chi connectivity index (χ1n) is 12.2. The number of carbonyl (C=O) groups excluding carboxylic acids is 2. The van der Waals surface area contributed by atoms with Crippen molar-refractivity contribution in [2.75, 3.05) is 49.7 Å². The number of anilines is 2. The Morgan fingerprint density at radius 1 is 0.861 bits per heavy atom. The Kier molecular flexibility index (Phi) is 7.04. The summed E-state index contributed by atoms with van der Waals surface area (Å²) in [4.78, 5) is 29.9. The van der Waals surface area contributed by atoms with Crippen LogP contribution < -0.4 is 25.0 Å². The molecule has 0 unspecified atom stereocenters. The summed E-state index contributed by atoms with van der Waals surface area (Å²) in [6.07, 6.45) is 0. The lowest BCUT2D eigenvalue weighted by molar-refractivity contribution is -0.136. The van der Waals surface area contributed by atoms with Gasteiger partial charge < -0.3 is 25.0 Å². The zero-order valence-electron chi connectivity index (χ0n) is 20.3. The maximum absolute atomic E-state index is 12.7. The van der Waals surface area contributed by atoms with E-state index in [2.05, 4.69) is 44.7 Å². The van der Waals surface area contributed by atoms with Gasteiger partial charge in [-0.1, -0.05) is 36.4 Å². The number of rotatable bonds is 6. The molecule has 1 fully saturated rings. The van der Waals surface area contributed by atoms with Crippen LogP contribution in [0.15, 0.2) is 72.8 Å². The van der Waals surface area contributed by atoms with Crippen molar-refractivity contribution >= 4 is 23.2 Å². The van der Waals surface area contributed by atoms with Gasteiger partial charge >= 0.3 is 11.8 Å². The summed E-state index contributed by atoms with van der Waals surface area (Å²) in [5.74, 6) is 0.0704. The number of carbonyl (C=O) groups is 2. The van der Waals surface area contributed by atoms with Crippen LogP contribution in [0.3, 0.4) is 0 Å². The van der Waals surface area contributed by atoms with Crippen LogP contribution in [0.25, 0.3) is 0 Å². The molecule has 0 saturated carbocycles. The fraction of sp³-hybridized carbons (Fsp3) is 0.286. The van der Waals surface area contributed by atoms with E-state index in [1.807, 2.05) is 49.4 Å². The van der Waals surface area contributed by atoms with E-state index in [4.69, 9.17) is 9.47 Å². The average molecular weight is 487 g/mol. The van der Waals surface area contributed by atoms with Gasteiger partial charge in [-0.3, -0.25) is 14.5 Å². The number of benzene rings is 3. The Morgan fingerprint density at radius 2 is 1.64 bits per heavy atom. The lowest BCUT2D eigenvalue weighted by Gasteiger charge is -2.40. The third-order valence-corrected chi connectivity index (χ3v) is 6.60. The molecule has 2 N–H and O–H groups in total. The SMILES string of the molecule is Cc1cccc(NC(=O)C(=O)NC[C@@H](c2ccc3c(c2)OCO3)N2CCN(c3ccccc3)CC2)c1. The number of nitrogens with zero attached hydrogens (tertiary/aromatic N) is 2. The van der Waals surface area contributed by atoms with Gasteiger partial charge in [0, 0.05) is 44.1 Å². The van der Waals surface area contributed by atoms with E-state index in [0.717, 1.165) is 37.3 Å². The van der Waals surface area contributed by atoms with Crippen LogP contribution in [0.5, 0.6) is 11.5 Å². The normalized spacial score (nSPS) is 15.9. The Morgan fingerprint density at radius 3 is 2.42 bits per heavy atom. The number of hydrogen-bond donors (Lipinski definition) is 2. The zero-order chi connectivity index (χ0) is 24.9. The molecule has 186 valence electrons. The van der Waals surface area contributed by atoms with E-state index < -0.39 is 11.8 Å². The van der Waals surface area contributed by atoms with Crippen molar-refractivity contribution in [1.29, 1.82) is 0 Å². The van der Waals surface area contributed by atoms with Crippen LogP contribution in [0.2, 0.25) is 0 Å². The van der Waals surface area contributed by atoms with E-state index in [9.17, 15) is 9.59 Å². The highest BCUT2D eigenvalue weighted by molar-refractivity contribution is 6.39. The fourth-order valence-corrected chi connectivity index (χ4v) is 4.69. The van der Waals surface area contributed by atoms with Gasteiger partial charge in [0.25, 0.3) is 0 Å². The standard InChI is InChI=1S/C28H30N4O4/c1-20-6-5-7-22(16-20)30-28(34)27(33)29-18-24(21-10-11-25-26(17-21)36-19-35-25)32-14-12-31(13-15-32)23-8-3-2-4-9-23/h2-11,16-17,24H,12-15,18-19H2,1H3,(H,29,33)(H,30,34)/t24-/m0/s1. The van der Waals surface area contributed by atoms with Gasteiger partial charge in [0.2, 0.25) is 6.79 Å². The maximum atomic E-state index is 12.7. The molecular weight excluding hydrogens is 456 g/mol. The first-order chi connectivity index (χ1) is 17.6. The molecule has 2 heterocycles. The average Bonchev–Trinajstić information content (AvgIpc) is 3.38. The molecule has 0 bridgehead atoms. The van der Waals surface area contributed by atoms with Crippen molar-refractivity contribution in [3.05, 3.63) is 83.9 Å². The van der Waals surface area contributed by atoms with E-state index in [1.54, 1.807) is 6.07 Å². The summed E-state index contributed by atoms with van der Waals surface area (Å²) in [5, 5.41) is 5.52. The molecule has 1 atom stereocenters. The van der Waals surface area contributed by atoms with Crippen LogP contribution in [0.1, 0.15) is 17.2 Å². The molecule has 2 aliphatic heterocycles. The minimum atomic E-state index is -0.682. The van der Waals surface area contributed by atoms with Gasteiger partial charge in [-0.25, -0.2) is 0 Å². The van der Waals surface area contributed by atoms with Crippen molar-refractivity contribution < 1.29 is 19.1 Å². The second-order valence-electron chi connectivity index (χ2n) is 9.02. The van der Waals surface area contributed by atoms with Gasteiger partial charge in [-0.2, -0.15) is 0 Å². The zero-order valence-corrected chi connectivity index (χ0v) is 20.3. The Balaban J connectivity index is 1.27. The summed E-state index contributed by atoms with van der Waals surface area (Å²) in [6, 6.07) is 23.5. The van der Waals surface area contributed by atoms with Crippen LogP contribution in [-0.2, 0) is 9.59 Å². The smallest absolute Gasteiger partial charge is 0.313 e. The van der Waals surface area contributed by atoms with Gasteiger partial charge in [0.1, 0.15) is 0 Å². The Labute approximate surface area is 210 Å². The highest BCUT2D eigenvalue weighted by Gasteiger charge is 2.28. The molecule has 0 radical (unpaired) electrons. The van der Waals surface area contributed by atoms with Gasteiger partial charge in [-0.05, 0) is 54.4 Å². The molecule has 0 aromatic heterocycles. The Hall–Kier alpha value is -4.04. The summed E-state index contributed by atoms with van der Waals surface area (Å²) in [7, 11) is 0. The number of aryl methyl sites for hydroxylation is 1. The highest BCUT2D eigenvalue weighted by atomic mass is 16.7. The minimum Gasteiger partial charge on any atom is -0.454 e. The molecule has 1 saturated heterocycles. The lowest BCUT2D eigenvalue weighted by atomic mass is 10.0. The van der Waals surface area contributed by atoms with Gasteiger partial charge in [0.15, 0.2) is 11.5 Å². The number of amides is 2. The topological polar surface area (TPSA) is 83.1 Å². The highest BCUT2D eigenvalue weighted by Crippen LogP contribution is 2.35. The molecule has 8 heteroatoms. The first kappa shape index (κ1) is 23.7. The number of hydrogen-bond acceptors (Lipinski definition) is 6. The van der Waals surface area contributed by atoms with Crippen molar-refractivity contribution in [1.82, 2.24) is 10.2 Å². The number of fused-ring (bicyclic) bond motifs is 1. The van der Waals surface area contributed by atoms with Crippen LogP contribution >= 0.6 is 0 Å². The fourth-order valence-electron chi connectivity index (χ4n) is 4.69. The summed E-state index contributed by atoms with van der Waals surface area (Å²) >= 11 is 0. The summed E-state index contributed by atoms with van der Waals surface area (Å²) in [6.45, 7) is 5.81. The molecule has 3 aromatic carbocycles. The third-order valence-electron chi connectivity index (χ3n) is 6.60. The van der Waals surface area contributed by atoms with Gasteiger partial charge in [0.05, 0.1) is 6.04 Å². The van der Waals surface area contributed by atoms with E-state index in [-0.39, 0.29) is 12.8 Å². The molecule has 2 aliphatic rings. The number of ether oxygens (including phenoxy) is 2. The second-order valence-corrected chi connectivity index (χ2v) is 9.02. The van der Waals surface area contributed by atoms with Crippen molar-refractivity contribution in [2.45, 2.75) is 13.0 Å². The number of nitrogens with one attached hydrogen (secondary N) is 2. The minimum absolute atomic E-state index is 0.117. The molecule has 8 nitrogen and oxygen atoms in total. The van der Waals surface area contributed by atoms with Crippen molar-refractivity contribution in [2.24, 2.45) is 0 Å². The lowest BCUT2D eigenvalue weighted by Crippen LogP contribution is -2.50. The molecule has 2 amide bonds. The number of piperazine rings is 1. The predicted molar refractivity (Wildman–Crippen MR) is 138 cm³/mol. The van der Waals surface area contributed by atoms with Crippen molar-refractivity contribution in [3.8, 4) is 11.5 Å². The molecule has 5 rings (SSSR count). The summed E-state index contributed by atoms with van der Waals surface area (Å²) < 4.78 is 11.1. The molecule has 0 spiro atoms. The van der Waals surface area contributed by atoms with E-state index in [1.165, 1.54) is 5.69 Å². The van der Waals surface area contributed by atoms with Gasteiger partial charge in [-0.15, -0.1) is 0 Å². The van der Waals surface area contributed by atoms with Crippen LogP contribution in [-0.4, -0.2) is 56.2 Å². The Bertz CT molecular complexity index is 1230. The molecule has 36 heavy (non-hydrogen) atoms. The maximum Gasteiger partial charge on any atom is 0.313 e. The van der Waals surface area contributed by atoms with Crippen LogP contribution in [0.4, 0.5) is 11.4 Å². The first-order valence-corrected chi connectivity index (χ1v) is 12.2. The van der Waals surface area contributed by atoms with E-state index >= 15 is 0 Å². The second kappa shape index (κ2) is 10.7.